The van der Waals surface area contributed by atoms with E-state index in [2.05, 4.69) is 67.2 Å². The maximum atomic E-state index is 6.18. The van der Waals surface area contributed by atoms with Crippen LogP contribution in [0, 0.1) is 23.7 Å². The third kappa shape index (κ3) is 5.44. The van der Waals surface area contributed by atoms with Gasteiger partial charge in [-0.3, -0.25) is 4.90 Å². The summed E-state index contributed by atoms with van der Waals surface area (Å²) in [4.78, 5) is 2.68. The highest BCUT2D eigenvalue weighted by atomic mass is 16.5. The van der Waals surface area contributed by atoms with Crippen molar-refractivity contribution < 1.29 is 9.47 Å². The standard InChI is InChI=1S/C21H41NO2/c1-19(2,3)22-11-17-15(13-23-20(4,5)6)10-16(18(17)12-22)14-24-21(7,8)9/h15-18H,10-14H2,1-9H3. The summed E-state index contributed by atoms with van der Waals surface area (Å²) in [7, 11) is 0. The molecule has 0 spiro atoms. The minimum atomic E-state index is -0.0438. The molecule has 0 aromatic carbocycles. The van der Waals surface area contributed by atoms with Crippen LogP contribution in [0.25, 0.3) is 0 Å². The smallest absolute Gasteiger partial charge is 0.0598 e. The zero-order valence-corrected chi connectivity index (χ0v) is 17.6. The quantitative estimate of drug-likeness (QED) is 0.747. The summed E-state index contributed by atoms with van der Waals surface area (Å²) >= 11 is 0. The SMILES string of the molecule is CC(C)(C)OCC1CC(COC(C)(C)C)C2CN(C(C)(C)C)CC12. The van der Waals surface area contributed by atoms with E-state index in [1.165, 1.54) is 19.5 Å². The Balaban J connectivity index is 2.05. The van der Waals surface area contributed by atoms with Gasteiger partial charge in [-0.05, 0) is 92.4 Å². The Kier molecular flexibility index (Phi) is 5.80. The lowest BCUT2D eigenvalue weighted by atomic mass is 9.90. The molecule has 0 N–H and O–H groups in total. The maximum absolute atomic E-state index is 6.18. The van der Waals surface area contributed by atoms with Crippen molar-refractivity contribution >= 4 is 0 Å². The van der Waals surface area contributed by atoms with E-state index in [-0.39, 0.29) is 16.7 Å². The van der Waals surface area contributed by atoms with Crippen molar-refractivity contribution in [2.75, 3.05) is 26.3 Å². The summed E-state index contributed by atoms with van der Waals surface area (Å²) in [6.07, 6.45) is 1.26. The third-order valence-electron chi connectivity index (χ3n) is 5.64. The number of hydrogen-bond donors (Lipinski definition) is 0. The van der Waals surface area contributed by atoms with E-state index in [1.807, 2.05) is 0 Å². The maximum Gasteiger partial charge on any atom is 0.0598 e. The van der Waals surface area contributed by atoms with Crippen LogP contribution in [0.2, 0.25) is 0 Å². The van der Waals surface area contributed by atoms with Crippen LogP contribution in [0.15, 0.2) is 0 Å². The lowest BCUT2D eigenvalue weighted by Gasteiger charge is -2.34. The van der Waals surface area contributed by atoms with Gasteiger partial charge in [-0.25, -0.2) is 0 Å². The van der Waals surface area contributed by atoms with E-state index in [0.717, 1.165) is 25.0 Å². The van der Waals surface area contributed by atoms with Gasteiger partial charge < -0.3 is 9.47 Å². The van der Waals surface area contributed by atoms with Crippen molar-refractivity contribution in [3.8, 4) is 0 Å². The largest absolute Gasteiger partial charge is 0.376 e. The number of hydrogen-bond acceptors (Lipinski definition) is 3. The molecule has 3 nitrogen and oxygen atoms in total. The molecule has 1 aliphatic heterocycles. The summed E-state index contributed by atoms with van der Waals surface area (Å²) in [5.41, 5.74) is 0.171. The summed E-state index contributed by atoms with van der Waals surface area (Å²) in [5, 5.41) is 0. The van der Waals surface area contributed by atoms with E-state index >= 15 is 0 Å². The average molecular weight is 340 g/mol. The van der Waals surface area contributed by atoms with E-state index in [1.54, 1.807) is 0 Å². The molecule has 1 aliphatic carbocycles. The Labute approximate surface area is 150 Å². The molecule has 0 bridgehead atoms. The van der Waals surface area contributed by atoms with E-state index < -0.39 is 0 Å². The lowest BCUT2D eigenvalue weighted by Crippen LogP contribution is -2.41. The molecule has 0 aromatic heterocycles. The molecule has 0 amide bonds. The first-order valence-corrected chi connectivity index (χ1v) is 9.79. The highest BCUT2D eigenvalue weighted by Crippen LogP contribution is 2.48. The molecule has 4 unspecified atom stereocenters. The van der Waals surface area contributed by atoms with Gasteiger partial charge in [0.15, 0.2) is 0 Å². The molecule has 2 rings (SSSR count). The zero-order valence-electron chi connectivity index (χ0n) is 17.6. The van der Waals surface area contributed by atoms with Gasteiger partial charge in [0.2, 0.25) is 0 Å². The molecule has 142 valence electrons. The summed E-state index contributed by atoms with van der Waals surface area (Å²) in [6.45, 7) is 24.2. The first kappa shape index (κ1) is 20.2. The Morgan fingerprint density at radius 1 is 0.708 bits per heavy atom. The molecule has 3 heteroatoms. The van der Waals surface area contributed by atoms with Gasteiger partial charge in [-0.2, -0.15) is 0 Å². The number of rotatable bonds is 4. The molecular weight excluding hydrogens is 298 g/mol. The predicted molar refractivity (Wildman–Crippen MR) is 101 cm³/mol. The molecule has 2 aliphatic rings. The van der Waals surface area contributed by atoms with Crippen molar-refractivity contribution in [2.45, 2.75) is 85.5 Å². The molecular formula is C21H41NO2. The Morgan fingerprint density at radius 2 is 1.08 bits per heavy atom. The third-order valence-corrected chi connectivity index (χ3v) is 5.64. The molecule has 2 fully saturated rings. The molecule has 0 aromatic rings. The number of ether oxygens (including phenoxy) is 2. The van der Waals surface area contributed by atoms with Crippen molar-refractivity contribution in [1.82, 2.24) is 4.90 Å². The van der Waals surface area contributed by atoms with Gasteiger partial charge in [-0.15, -0.1) is 0 Å². The predicted octanol–water partition coefficient (Wildman–Crippen LogP) is 4.60. The van der Waals surface area contributed by atoms with E-state index in [0.29, 0.717) is 11.8 Å². The van der Waals surface area contributed by atoms with Crippen molar-refractivity contribution in [1.29, 1.82) is 0 Å². The monoisotopic (exact) mass is 339 g/mol. The van der Waals surface area contributed by atoms with Gasteiger partial charge in [0, 0.05) is 18.6 Å². The molecule has 24 heavy (non-hydrogen) atoms. The molecule has 4 atom stereocenters. The van der Waals surface area contributed by atoms with Crippen LogP contribution in [0.4, 0.5) is 0 Å². The van der Waals surface area contributed by atoms with Gasteiger partial charge >= 0.3 is 0 Å². The van der Waals surface area contributed by atoms with Crippen LogP contribution in [-0.2, 0) is 9.47 Å². The number of nitrogens with zero attached hydrogens (tertiary/aromatic N) is 1. The van der Waals surface area contributed by atoms with Crippen molar-refractivity contribution in [2.24, 2.45) is 23.7 Å². The highest BCUT2D eigenvalue weighted by Gasteiger charge is 2.50. The minimum Gasteiger partial charge on any atom is -0.376 e. The fraction of sp³-hybridized carbons (Fsp3) is 1.00. The highest BCUT2D eigenvalue weighted by molar-refractivity contribution is 5.00. The van der Waals surface area contributed by atoms with E-state index in [9.17, 15) is 0 Å². The van der Waals surface area contributed by atoms with Crippen LogP contribution < -0.4 is 0 Å². The first-order valence-electron chi connectivity index (χ1n) is 9.79. The van der Waals surface area contributed by atoms with Crippen molar-refractivity contribution in [3.05, 3.63) is 0 Å². The summed E-state index contributed by atoms with van der Waals surface area (Å²) in [6, 6.07) is 0. The van der Waals surface area contributed by atoms with Crippen LogP contribution >= 0.6 is 0 Å². The normalized spacial score (nSPS) is 32.4. The molecule has 1 saturated heterocycles. The fourth-order valence-electron chi connectivity index (χ4n) is 4.24. The van der Waals surface area contributed by atoms with E-state index in [4.69, 9.17) is 9.47 Å². The fourth-order valence-corrected chi connectivity index (χ4v) is 4.24. The van der Waals surface area contributed by atoms with Gasteiger partial charge in [0.05, 0.1) is 24.4 Å². The van der Waals surface area contributed by atoms with Crippen molar-refractivity contribution in [3.63, 3.8) is 0 Å². The Bertz CT molecular complexity index is 381. The minimum absolute atomic E-state index is 0.0438. The van der Waals surface area contributed by atoms with Crippen LogP contribution in [0.1, 0.15) is 68.7 Å². The molecule has 0 radical (unpaired) electrons. The second-order valence-electron chi connectivity index (χ2n) is 11.0. The second-order valence-corrected chi connectivity index (χ2v) is 11.0. The molecule has 1 heterocycles. The first-order chi connectivity index (χ1) is 10.8. The summed E-state index contributed by atoms with van der Waals surface area (Å²) < 4.78 is 12.4. The van der Waals surface area contributed by atoms with Gasteiger partial charge in [0.25, 0.3) is 0 Å². The Morgan fingerprint density at radius 3 is 1.38 bits per heavy atom. The van der Waals surface area contributed by atoms with Crippen LogP contribution in [0.3, 0.4) is 0 Å². The number of fused-ring (bicyclic) bond motifs is 1. The topological polar surface area (TPSA) is 21.7 Å². The lowest BCUT2D eigenvalue weighted by molar-refractivity contribution is -0.0369. The second kappa shape index (κ2) is 6.89. The summed E-state index contributed by atoms with van der Waals surface area (Å²) in [5.74, 6) is 2.88. The van der Waals surface area contributed by atoms with Crippen LogP contribution in [-0.4, -0.2) is 47.9 Å². The Hall–Kier alpha value is -0.120. The van der Waals surface area contributed by atoms with Gasteiger partial charge in [0.1, 0.15) is 0 Å². The van der Waals surface area contributed by atoms with Gasteiger partial charge in [-0.1, -0.05) is 0 Å². The van der Waals surface area contributed by atoms with Crippen LogP contribution in [0.5, 0.6) is 0 Å². The average Bonchev–Trinajstić information content (AvgIpc) is 2.90. The molecule has 1 saturated carbocycles. The number of likely N-dealkylation sites (tertiary alicyclic amines) is 1. The zero-order chi connectivity index (χ0) is 18.3.